The molecule has 1 unspecified atom stereocenters. The van der Waals surface area contributed by atoms with E-state index >= 15 is 0 Å². The highest BCUT2D eigenvalue weighted by molar-refractivity contribution is 6.00. The maximum Gasteiger partial charge on any atom is 0.255 e. The molecule has 1 amide bonds. The number of likely N-dealkylation sites (tertiary alicyclic amines) is 1. The molecular formula is C21H27N3O2. The van der Waals surface area contributed by atoms with Gasteiger partial charge in [0.25, 0.3) is 5.91 Å². The van der Waals surface area contributed by atoms with Crippen molar-refractivity contribution < 1.29 is 9.53 Å². The average Bonchev–Trinajstić information content (AvgIpc) is 2.64. The predicted molar refractivity (Wildman–Crippen MR) is 105 cm³/mol. The number of methoxy groups -OCH3 is 1. The van der Waals surface area contributed by atoms with Gasteiger partial charge in [0.15, 0.2) is 0 Å². The number of carbonyl (C=O) groups excluding carboxylic acids is 1. The van der Waals surface area contributed by atoms with Gasteiger partial charge in [-0.15, -0.1) is 0 Å². The normalized spacial score (nSPS) is 19.1. The van der Waals surface area contributed by atoms with Crippen molar-refractivity contribution in [3.63, 3.8) is 0 Å². The zero-order valence-electron chi connectivity index (χ0n) is 15.7. The molecule has 1 saturated heterocycles. The Balaban J connectivity index is 1.81. The van der Waals surface area contributed by atoms with Crippen molar-refractivity contribution in [3.8, 4) is 5.75 Å². The Morgan fingerprint density at radius 3 is 2.54 bits per heavy atom. The summed E-state index contributed by atoms with van der Waals surface area (Å²) in [6.07, 6.45) is 0.826. The summed E-state index contributed by atoms with van der Waals surface area (Å²) >= 11 is 0. The van der Waals surface area contributed by atoms with Gasteiger partial charge in [-0.3, -0.25) is 4.79 Å². The van der Waals surface area contributed by atoms with Gasteiger partial charge in [-0.1, -0.05) is 26.0 Å². The second kappa shape index (κ2) is 7.38. The van der Waals surface area contributed by atoms with E-state index in [2.05, 4.69) is 19.2 Å². The molecule has 1 aliphatic heterocycles. The third-order valence-corrected chi connectivity index (χ3v) is 5.13. The molecular weight excluding hydrogens is 326 g/mol. The number of anilines is 2. The molecule has 0 spiro atoms. The van der Waals surface area contributed by atoms with Gasteiger partial charge >= 0.3 is 0 Å². The number of piperidine rings is 1. The van der Waals surface area contributed by atoms with Crippen LogP contribution in [0.5, 0.6) is 5.75 Å². The Morgan fingerprint density at radius 1 is 1.19 bits per heavy atom. The summed E-state index contributed by atoms with van der Waals surface area (Å²) in [5, 5.41) is 3.35. The maximum absolute atomic E-state index is 13.1. The topological polar surface area (TPSA) is 67.6 Å². The number of hydrogen-bond acceptors (Lipinski definition) is 4. The molecule has 3 N–H and O–H groups in total. The lowest BCUT2D eigenvalue weighted by atomic mass is 9.79. The van der Waals surface area contributed by atoms with Crippen molar-refractivity contribution in [2.45, 2.75) is 26.3 Å². The van der Waals surface area contributed by atoms with Crippen LogP contribution in [0.25, 0.3) is 0 Å². The van der Waals surface area contributed by atoms with E-state index in [0.29, 0.717) is 18.7 Å². The maximum atomic E-state index is 13.1. The zero-order chi connectivity index (χ0) is 18.7. The molecule has 0 radical (unpaired) electrons. The summed E-state index contributed by atoms with van der Waals surface area (Å²) in [5.41, 5.74) is 8.52. The number of hydrogen-bond donors (Lipinski definition) is 2. The summed E-state index contributed by atoms with van der Waals surface area (Å²) in [4.78, 5) is 15.0. The average molecular weight is 353 g/mol. The van der Waals surface area contributed by atoms with Gasteiger partial charge in [-0.25, -0.2) is 0 Å². The van der Waals surface area contributed by atoms with Crippen LogP contribution in [0.3, 0.4) is 0 Å². The Morgan fingerprint density at radius 2 is 1.88 bits per heavy atom. The molecule has 5 nitrogen and oxygen atoms in total. The minimum absolute atomic E-state index is 0.0431. The van der Waals surface area contributed by atoms with Crippen LogP contribution in [0.15, 0.2) is 48.5 Å². The van der Waals surface area contributed by atoms with Crippen LogP contribution in [-0.4, -0.2) is 37.0 Å². The number of benzene rings is 2. The SMILES string of the molecule is COc1ccc(Nc2ccccc2C(=O)N2CCC(N)C(C)(C)C2)cc1. The fourth-order valence-corrected chi connectivity index (χ4v) is 3.33. The van der Waals surface area contributed by atoms with Crippen molar-refractivity contribution in [3.05, 3.63) is 54.1 Å². The van der Waals surface area contributed by atoms with Crippen LogP contribution in [0.4, 0.5) is 11.4 Å². The van der Waals surface area contributed by atoms with E-state index < -0.39 is 0 Å². The van der Waals surface area contributed by atoms with Gasteiger partial charge < -0.3 is 20.7 Å². The van der Waals surface area contributed by atoms with E-state index in [9.17, 15) is 4.79 Å². The second-order valence-corrected chi connectivity index (χ2v) is 7.51. The number of carbonyl (C=O) groups is 1. The Labute approximate surface area is 155 Å². The fraction of sp³-hybridized carbons (Fsp3) is 0.381. The third-order valence-electron chi connectivity index (χ3n) is 5.13. The summed E-state index contributed by atoms with van der Waals surface area (Å²) in [6, 6.07) is 15.4. The molecule has 26 heavy (non-hydrogen) atoms. The first-order chi connectivity index (χ1) is 12.4. The molecule has 1 aliphatic rings. The Kier molecular flexibility index (Phi) is 5.18. The third kappa shape index (κ3) is 3.83. The van der Waals surface area contributed by atoms with E-state index in [1.54, 1.807) is 7.11 Å². The van der Waals surface area contributed by atoms with Gasteiger partial charge in [0.1, 0.15) is 5.75 Å². The van der Waals surface area contributed by atoms with Crippen molar-refractivity contribution in [1.82, 2.24) is 4.90 Å². The predicted octanol–water partition coefficient (Wildman–Crippen LogP) is 3.64. The zero-order valence-corrected chi connectivity index (χ0v) is 15.7. The first-order valence-corrected chi connectivity index (χ1v) is 8.96. The van der Waals surface area contributed by atoms with Crippen LogP contribution in [-0.2, 0) is 0 Å². The van der Waals surface area contributed by atoms with Gasteiger partial charge in [0.2, 0.25) is 0 Å². The van der Waals surface area contributed by atoms with Crippen molar-refractivity contribution in [1.29, 1.82) is 0 Å². The summed E-state index contributed by atoms with van der Waals surface area (Å²) < 4.78 is 5.19. The highest BCUT2D eigenvalue weighted by atomic mass is 16.5. The van der Waals surface area contributed by atoms with Crippen molar-refractivity contribution in [2.24, 2.45) is 11.1 Å². The van der Waals surface area contributed by atoms with E-state index in [-0.39, 0.29) is 17.4 Å². The lowest BCUT2D eigenvalue weighted by Gasteiger charge is -2.42. The van der Waals surface area contributed by atoms with Crippen LogP contribution < -0.4 is 15.8 Å². The van der Waals surface area contributed by atoms with Gasteiger partial charge in [0.05, 0.1) is 18.4 Å². The van der Waals surface area contributed by atoms with Crippen LogP contribution in [0, 0.1) is 5.41 Å². The van der Waals surface area contributed by atoms with E-state index in [1.165, 1.54) is 0 Å². The minimum Gasteiger partial charge on any atom is -0.497 e. The molecule has 138 valence electrons. The molecule has 0 bridgehead atoms. The minimum atomic E-state index is -0.0771. The molecule has 1 heterocycles. The number of ether oxygens (including phenoxy) is 1. The lowest BCUT2D eigenvalue weighted by molar-refractivity contribution is 0.0534. The largest absolute Gasteiger partial charge is 0.497 e. The number of amides is 1. The van der Waals surface area contributed by atoms with E-state index in [1.807, 2.05) is 53.4 Å². The number of para-hydroxylation sites is 1. The first-order valence-electron chi connectivity index (χ1n) is 8.96. The highest BCUT2D eigenvalue weighted by Crippen LogP contribution is 2.30. The van der Waals surface area contributed by atoms with Crippen LogP contribution >= 0.6 is 0 Å². The standard InChI is InChI=1S/C21H27N3O2/c1-21(2)14-24(13-12-19(21)22)20(25)17-6-4-5-7-18(17)23-15-8-10-16(26-3)11-9-15/h4-11,19,23H,12-14,22H2,1-3H3. The number of nitrogens with one attached hydrogen (secondary N) is 1. The van der Waals surface area contributed by atoms with E-state index in [4.69, 9.17) is 10.5 Å². The van der Waals surface area contributed by atoms with Crippen LogP contribution in [0.2, 0.25) is 0 Å². The molecule has 2 aromatic carbocycles. The Bertz CT molecular complexity index is 771. The van der Waals surface area contributed by atoms with Gasteiger partial charge in [0, 0.05) is 24.8 Å². The number of rotatable bonds is 4. The van der Waals surface area contributed by atoms with Crippen molar-refractivity contribution in [2.75, 3.05) is 25.5 Å². The molecule has 3 rings (SSSR count). The monoisotopic (exact) mass is 353 g/mol. The summed E-state index contributed by atoms with van der Waals surface area (Å²) in [5.74, 6) is 0.841. The molecule has 0 aromatic heterocycles. The highest BCUT2D eigenvalue weighted by Gasteiger charge is 2.36. The van der Waals surface area contributed by atoms with E-state index in [0.717, 1.165) is 23.5 Å². The summed E-state index contributed by atoms with van der Waals surface area (Å²) in [6.45, 7) is 5.61. The number of nitrogens with two attached hydrogens (primary N) is 1. The van der Waals surface area contributed by atoms with Crippen LogP contribution in [0.1, 0.15) is 30.6 Å². The Hall–Kier alpha value is -2.53. The smallest absolute Gasteiger partial charge is 0.255 e. The fourth-order valence-electron chi connectivity index (χ4n) is 3.33. The molecule has 1 fully saturated rings. The summed E-state index contributed by atoms with van der Waals surface area (Å²) in [7, 11) is 1.64. The van der Waals surface area contributed by atoms with Crippen molar-refractivity contribution >= 4 is 17.3 Å². The quantitative estimate of drug-likeness (QED) is 0.881. The van der Waals surface area contributed by atoms with Gasteiger partial charge in [-0.2, -0.15) is 0 Å². The molecule has 0 aliphatic carbocycles. The molecule has 2 aromatic rings. The number of nitrogens with zero attached hydrogens (tertiary/aromatic N) is 1. The molecule has 1 atom stereocenters. The lowest BCUT2D eigenvalue weighted by Crippen LogP contribution is -2.54. The molecule has 0 saturated carbocycles. The molecule has 5 heteroatoms. The first kappa shape index (κ1) is 18.3. The van der Waals surface area contributed by atoms with Gasteiger partial charge in [-0.05, 0) is 48.2 Å². The second-order valence-electron chi connectivity index (χ2n) is 7.51.